The van der Waals surface area contributed by atoms with Crippen LogP contribution in [0, 0.1) is 6.92 Å². The molecule has 0 radical (unpaired) electrons. The van der Waals surface area contributed by atoms with E-state index in [1.165, 1.54) is 17.4 Å². The number of sulfonamides is 1. The lowest BCUT2D eigenvalue weighted by atomic mass is 10.2. The molecule has 1 aromatic rings. The highest BCUT2D eigenvalue weighted by Gasteiger charge is 2.27. The van der Waals surface area contributed by atoms with Gasteiger partial charge in [-0.15, -0.1) is 0 Å². The molecule has 134 valence electrons. The number of aryl methyl sites for hydroxylation is 1. The molecule has 0 aliphatic rings. The Labute approximate surface area is 136 Å². The van der Waals surface area contributed by atoms with Crippen LogP contribution in [0.4, 0.5) is 13.2 Å². The molecular formula is C13H15F3N2O5S. The topological polar surface area (TPSA) is 102 Å². The standard InChI is InChI=1S/C13H15F3N2O5S/c1-9-2-4-10(5-3-9)24(21,22)18-6-12(20)23-7-11(19)17-8-13(14,15)16/h2-5,18H,6-8H2,1H3,(H,17,19). The summed E-state index contributed by atoms with van der Waals surface area (Å²) in [4.78, 5) is 22.3. The Bertz CT molecular complexity index is 687. The largest absolute Gasteiger partial charge is 0.455 e. The highest BCUT2D eigenvalue weighted by molar-refractivity contribution is 7.89. The zero-order valence-corrected chi connectivity index (χ0v) is 13.3. The molecule has 0 aromatic heterocycles. The highest BCUT2D eigenvalue weighted by atomic mass is 32.2. The average Bonchev–Trinajstić information content (AvgIpc) is 2.48. The average molecular weight is 368 g/mol. The molecule has 0 aliphatic carbocycles. The van der Waals surface area contributed by atoms with Gasteiger partial charge >= 0.3 is 12.1 Å². The third kappa shape index (κ3) is 7.42. The van der Waals surface area contributed by atoms with Crippen LogP contribution in [-0.4, -0.2) is 46.2 Å². The van der Waals surface area contributed by atoms with Crippen LogP contribution in [0.5, 0.6) is 0 Å². The van der Waals surface area contributed by atoms with Crippen LogP contribution in [0.3, 0.4) is 0 Å². The number of esters is 1. The molecule has 1 rings (SSSR count). The van der Waals surface area contributed by atoms with E-state index in [9.17, 15) is 31.2 Å². The fourth-order valence-electron chi connectivity index (χ4n) is 1.40. The van der Waals surface area contributed by atoms with E-state index in [0.29, 0.717) is 0 Å². The Morgan fingerprint density at radius 1 is 1.17 bits per heavy atom. The second-order valence-corrected chi connectivity index (χ2v) is 6.46. The summed E-state index contributed by atoms with van der Waals surface area (Å²) in [6.07, 6.45) is -4.58. The Kier molecular flexibility index (Phi) is 6.72. The number of alkyl halides is 3. The van der Waals surface area contributed by atoms with Crippen LogP contribution in [0.1, 0.15) is 5.56 Å². The quantitative estimate of drug-likeness (QED) is 0.683. The lowest BCUT2D eigenvalue weighted by Crippen LogP contribution is -2.37. The number of benzene rings is 1. The fourth-order valence-corrected chi connectivity index (χ4v) is 2.37. The number of carbonyl (C=O) groups excluding carboxylic acids is 2. The van der Waals surface area contributed by atoms with E-state index in [1.807, 2.05) is 4.72 Å². The van der Waals surface area contributed by atoms with Gasteiger partial charge in [0.2, 0.25) is 10.0 Å². The van der Waals surface area contributed by atoms with Crippen LogP contribution in [0.25, 0.3) is 0 Å². The van der Waals surface area contributed by atoms with Gasteiger partial charge in [-0.3, -0.25) is 9.59 Å². The zero-order valence-electron chi connectivity index (χ0n) is 12.5. The van der Waals surface area contributed by atoms with E-state index in [1.54, 1.807) is 19.1 Å². The molecule has 7 nitrogen and oxygen atoms in total. The molecule has 0 fully saturated rings. The molecule has 0 saturated carbocycles. The first kappa shape index (κ1) is 19.9. The summed E-state index contributed by atoms with van der Waals surface area (Å²) >= 11 is 0. The van der Waals surface area contributed by atoms with Crippen molar-refractivity contribution in [1.82, 2.24) is 10.0 Å². The minimum absolute atomic E-state index is 0.0659. The predicted molar refractivity (Wildman–Crippen MR) is 76.4 cm³/mol. The zero-order chi connectivity index (χ0) is 18.4. The normalized spacial score (nSPS) is 11.8. The fraction of sp³-hybridized carbons (Fsp3) is 0.385. The molecule has 1 amide bonds. The van der Waals surface area contributed by atoms with Crippen molar-refractivity contribution < 1.29 is 35.9 Å². The van der Waals surface area contributed by atoms with Crippen LogP contribution in [-0.2, 0) is 24.3 Å². The van der Waals surface area contributed by atoms with Crippen molar-refractivity contribution in [3.63, 3.8) is 0 Å². The van der Waals surface area contributed by atoms with Gasteiger partial charge in [-0.2, -0.15) is 17.9 Å². The first-order valence-corrected chi connectivity index (χ1v) is 8.03. The first-order valence-electron chi connectivity index (χ1n) is 6.55. The van der Waals surface area contributed by atoms with Crippen molar-refractivity contribution in [1.29, 1.82) is 0 Å². The maximum absolute atomic E-state index is 11.9. The minimum Gasteiger partial charge on any atom is -0.455 e. The molecule has 0 bridgehead atoms. The van der Waals surface area contributed by atoms with Gasteiger partial charge in [0, 0.05) is 0 Å². The summed E-state index contributed by atoms with van der Waals surface area (Å²) in [5.74, 6) is -2.25. The van der Waals surface area contributed by atoms with E-state index >= 15 is 0 Å². The lowest BCUT2D eigenvalue weighted by molar-refractivity contribution is -0.150. The number of amides is 1. The van der Waals surface area contributed by atoms with Gasteiger partial charge in [0.05, 0.1) is 4.90 Å². The van der Waals surface area contributed by atoms with Gasteiger partial charge in [-0.05, 0) is 19.1 Å². The smallest absolute Gasteiger partial charge is 0.405 e. The van der Waals surface area contributed by atoms with Crippen molar-refractivity contribution in [2.45, 2.75) is 18.0 Å². The third-order valence-electron chi connectivity index (χ3n) is 2.59. The number of ether oxygens (including phenoxy) is 1. The van der Waals surface area contributed by atoms with Gasteiger partial charge < -0.3 is 10.1 Å². The molecule has 11 heteroatoms. The van der Waals surface area contributed by atoms with Gasteiger partial charge in [-0.1, -0.05) is 17.7 Å². The maximum Gasteiger partial charge on any atom is 0.405 e. The van der Waals surface area contributed by atoms with Crippen molar-refractivity contribution in [2.75, 3.05) is 19.7 Å². The first-order chi connectivity index (χ1) is 11.0. The Morgan fingerprint density at radius 2 is 1.75 bits per heavy atom. The molecule has 0 atom stereocenters. The molecule has 2 N–H and O–H groups in total. The van der Waals surface area contributed by atoms with Gasteiger partial charge in [0.15, 0.2) is 6.61 Å². The number of rotatable bonds is 7. The summed E-state index contributed by atoms with van der Waals surface area (Å²) in [7, 11) is -3.94. The summed E-state index contributed by atoms with van der Waals surface area (Å²) in [6, 6.07) is 5.82. The molecule has 0 heterocycles. The number of carbonyl (C=O) groups is 2. The van der Waals surface area contributed by atoms with E-state index in [2.05, 4.69) is 4.74 Å². The molecule has 1 aromatic carbocycles. The lowest BCUT2D eigenvalue weighted by Gasteiger charge is -2.09. The van der Waals surface area contributed by atoms with Crippen LogP contribution >= 0.6 is 0 Å². The van der Waals surface area contributed by atoms with Crippen LogP contribution < -0.4 is 10.0 Å². The summed E-state index contributed by atoms with van der Waals surface area (Å²) in [5, 5.41) is 1.50. The molecule has 24 heavy (non-hydrogen) atoms. The van der Waals surface area contributed by atoms with Gasteiger partial charge in [-0.25, -0.2) is 8.42 Å². The Balaban J connectivity index is 2.40. The van der Waals surface area contributed by atoms with Crippen molar-refractivity contribution in [3.05, 3.63) is 29.8 Å². The molecule has 0 unspecified atom stereocenters. The molecule has 0 aliphatic heterocycles. The van der Waals surface area contributed by atoms with Crippen LogP contribution in [0.2, 0.25) is 0 Å². The Morgan fingerprint density at radius 3 is 2.29 bits per heavy atom. The minimum atomic E-state index is -4.58. The second kappa shape index (κ2) is 8.11. The number of nitrogens with one attached hydrogen (secondary N) is 2. The summed E-state index contributed by atoms with van der Waals surface area (Å²) in [5.41, 5.74) is 0.846. The number of hydrogen-bond donors (Lipinski definition) is 2. The Hall–Kier alpha value is -2.14. The van der Waals surface area contributed by atoms with Gasteiger partial charge in [0.1, 0.15) is 13.1 Å². The van der Waals surface area contributed by atoms with Crippen molar-refractivity contribution >= 4 is 21.9 Å². The highest BCUT2D eigenvalue weighted by Crippen LogP contribution is 2.12. The monoisotopic (exact) mass is 368 g/mol. The third-order valence-corrected chi connectivity index (χ3v) is 4.01. The maximum atomic E-state index is 11.9. The number of hydrogen-bond acceptors (Lipinski definition) is 5. The molecule has 0 spiro atoms. The summed E-state index contributed by atoms with van der Waals surface area (Å²) < 4.78 is 65.6. The predicted octanol–water partition coefficient (Wildman–Crippen LogP) is 0.495. The van der Waals surface area contributed by atoms with E-state index in [0.717, 1.165) is 5.56 Å². The SMILES string of the molecule is Cc1ccc(S(=O)(=O)NCC(=O)OCC(=O)NCC(F)(F)F)cc1. The van der Waals surface area contributed by atoms with Crippen LogP contribution in [0.15, 0.2) is 29.2 Å². The van der Waals surface area contributed by atoms with Gasteiger partial charge in [0.25, 0.3) is 5.91 Å². The van der Waals surface area contributed by atoms with E-state index in [-0.39, 0.29) is 4.90 Å². The summed E-state index contributed by atoms with van der Waals surface area (Å²) in [6.45, 7) is -1.49. The van der Waals surface area contributed by atoms with Crippen molar-refractivity contribution in [2.24, 2.45) is 0 Å². The van der Waals surface area contributed by atoms with E-state index < -0.39 is 47.8 Å². The number of halogens is 3. The van der Waals surface area contributed by atoms with E-state index in [4.69, 9.17) is 0 Å². The second-order valence-electron chi connectivity index (χ2n) is 4.69. The molecule has 0 saturated heterocycles. The van der Waals surface area contributed by atoms with Crippen molar-refractivity contribution in [3.8, 4) is 0 Å². The molecular weight excluding hydrogens is 353 g/mol.